The highest BCUT2D eigenvalue weighted by Gasteiger charge is 2.14. The minimum absolute atomic E-state index is 0.224. The molecule has 1 heterocycles. The van der Waals surface area contributed by atoms with Crippen molar-refractivity contribution in [1.82, 2.24) is 5.32 Å². The summed E-state index contributed by atoms with van der Waals surface area (Å²) in [6, 6.07) is 5.84. The molecule has 0 saturated carbocycles. The van der Waals surface area contributed by atoms with Crippen molar-refractivity contribution in [1.29, 1.82) is 0 Å². The highest BCUT2D eigenvalue weighted by atomic mass is 16.7. The summed E-state index contributed by atoms with van der Waals surface area (Å²) in [5.41, 5.74) is 0.872. The number of aliphatic hydroxyl groups excluding tert-OH is 1. The highest BCUT2D eigenvalue weighted by Crippen LogP contribution is 2.32. The third kappa shape index (κ3) is 4.67. The van der Waals surface area contributed by atoms with Crippen molar-refractivity contribution in [3.05, 3.63) is 23.8 Å². The summed E-state index contributed by atoms with van der Waals surface area (Å²) in [5, 5.41) is 13.0. The lowest BCUT2D eigenvalue weighted by Crippen LogP contribution is -2.33. The molecule has 112 valence electrons. The first-order valence-electron chi connectivity index (χ1n) is 6.85. The highest BCUT2D eigenvalue weighted by molar-refractivity contribution is 5.44. The Labute approximate surface area is 119 Å². The lowest BCUT2D eigenvalue weighted by molar-refractivity contribution is -0.0479. The van der Waals surface area contributed by atoms with Crippen LogP contribution in [0, 0.1) is 0 Å². The van der Waals surface area contributed by atoms with Gasteiger partial charge in [-0.1, -0.05) is 6.07 Å². The number of rotatable bonds is 6. The molecule has 0 aromatic heterocycles. The molecule has 5 nitrogen and oxygen atoms in total. The van der Waals surface area contributed by atoms with Crippen LogP contribution in [0.1, 0.15) is 26.3 Å². The third-order valence-electron chi connectivity index (χ3n) is 2.85. The maximum Gasteiger partial charge on any atom is 0.231 e. The van der Waals surface area contributed by atoms with Gasteiger partial charge in [0.05, 0.1) is 18.3 Å². The van der Waals surface area contributed by atoms with Gasteiger partial charge in [-0.3, -0.25) is 0 Å². The van der Waals surface area contributed by atoms with Crippen molar-refractivity contribution >= 4 is 0 Å². The van der Waals surface area contributed by atoms with Crippen LogP contribution >= 0.6 is 0 Å². The molecular weight excluding hydrogens is 258 g/mol. The van der Waals surface area contributed by atoms with E-state index in [9.17, 15) is 5.11 Å². The van der Waals surface area contributed by atoms with Crippen LogP contribution in [-0.2, 0) is 11.3 Å². The second kappa shape index (κ2) is 6.43. The first-order valence-corrected chi connectivity index (χ1v) is 6.85. The molecular formula is C15H23NO4. The predicted molar refractivity (Wildman–Crippen MR) is 76.0 cm³/mol. The normalized spacial score (nSPS) is 15.4. The second-order valence-corrected chi connectivity index (χ2v) is 5.90. The first-order chi connectivity index (χ1) is 9.44. The second-order valence-electron chi connectivity index (χ2n) is 5.90. The van der Waals surface area contributed by atoms with E-state index in [1.807, 2.05) is 39.0 Å². The molecule has 1 aromatic carbocycles. The molecule has 1 aliphatic heterocycles. The minimum Gasteiger partial charge on any atom is -0.454 e. The average molecular weight is 281 g/mol. The van der Waals surface area contributed by atoms with E-state index in [0.717, 1.165) is 17.1 Å². The van der Waals surface area contributed by atoms with E-state index in [4.69, 9.17) is 14.2 Å². The van der Waals surface area contributed by atoms with Gasteiger partial charge in [-0.2, -0.15) is 0 Å². The number of aliphatic hydroxyl groups is 1. The molecule has 5 heteroatoms. The standard InChI is InChI=1S/C15H23NO4/c1-15(2,3)20-9-12(17)8-16-7-11-4-5-13-14(6-11)19-10-18-13/h4-6,12,16-17H,7-10H2,1-3H3. The number of fused-ring (bicyclic) bond motifs is 1. The molecule has 0 spiro atoms. The van der Waals surface area contributed by atoms with Gasteiger partial charge in [0.25, 0.3) is 0 Å². The molecule has 0 radical (unpaired) electrons. The van der Waals surface area contributed by atoms with E-state index in [0.29, 0.717) is 19.7 Å². The zero-order chi connectivity index (χ0) is 14.6. The maximum absolute atomic E-state index is 9.81. The van der Waals surface area contributed by atoms with E-state index in [-0.39, 0.29) is 12.4 Å². The van der Waals surface area contributed by atoms with Gasteiger partial charge in [-0.15, -0.1) is 0 Å². The molecule has 2 rings (SSSR count). The fourth-order valence-corrected chi connectivity index (χ4v) is 1.84. The lowest BCUT2D eigenvalue weighted by Gasteiger charge is -2.22. The molecule has 0 aliphatic carbocycles. The van der Waals surface area contributed by atoms with Gasteiger partial charge in [0, 0.05) is 13.1 Å². The van der Waals surface area contributed by atoms with Crippen LogP contribution in [0.4, 0.5) is 0 Å². The molecule has 1 unspecified atom stereocenters. The Balaban J connectivity index is 1.70. The van der Waals surface area contributed by atoms with Gasteiger partial charge < -0.3 is 24.6 Å². The number of ether oxygens (including phenoxy) is 3. The van der Waals surface area contributed by atoms with Crippen LogP contribution in [0.5, 0.6) is 11.5 Å². The Morgan fingerprint density at radius 3 is 2.80 bits per heavy atom. The Bertz CT molecular complexity index is 442. The molecule has 1 aliphatic rings. The third-order valence-corrected chi connectivity index (χ3v) is 2.85. The number of benzene rings is 1. The summed E-state index contributed by atoms with van der Waals surface area (Å²) < 4.78 is 16.1. The summed E-state index contributed by atoms with van der Waals surface area (Å²) in [6.45, 7) is 7.69. The SMILES string of the molecule is CC(C)(C)OCC(O)CNCc1ccc2c(c1)OCO2. The van der Waals surface area contributed by atoms with Gasteiger partial charge >= 0.3 is 0 Å². The molecule has 0 fully saturated rings. The van der Waals surface area contributed by atoms with Gasteiger partial charge in [-0.05, 0) is 38.5 Å². The van der Waals surface area contributed by atoms with Gasteiger partial charge in [-0.25, -0.2) is 0 Å². The van der Waals surface area contributed by atoms with E-state index in [2.05, 4.69) is 5.32 Å². The Hall–Kier alpha value is -1.30. The summed E-state index contributed by atoms with van der Waals surface area (Å²) in [4.78, 5) is 0. The summed E-state index contributed by atoms with van der Waals surface area (Å²) in [7, 11) is 0. The molecule has 1 atom stereocenters. The lowest BCUT2D eigenvalue weighted by atomic mass is 10.2. The smallest absolute Gasteiger partial charge is 0.231 e. The Morgan fingerprint density at radius 2 is 2.05 bits per heavy atom. The van der Waals surface area contributed by atoms with Crippen LogP contribution < -0.4 is 14.8 Å². The van der Waals surface area contributed by atoms with E-state index >= 15 is 0 Å². The summed E-state index contributed by atoms with van der Waals surface area (Å²) in [6.07, 6.45) is -0.511. The van der Waals surface area contributed by atoms with Crippen molar-refractivity contribution in [2.24, 2.45) is 0 Å². The minimum atomic E-state index is -0.511. The number of nitrogens with one attached hydrogen (secondary N) is 1. The monoisotopic (exact) mass is 281 g/mol. The quantitative estimate of drug-likeness (QED) is 0.831. The van der Waals surface area contributed by atoms with Gasteiger partial charge in [0.1, 0.15) is 0 Å². The van der Waals surface area contributed by atoms with E-state index in [1.54, 1.807) is 0 Å². The van der Waals surface area contributed by atoms with Crippen LogP contribution in [0.2, 0.25) is 0 Å². The van der Waals surface area contributed by atoms with Crippen molar-refractivity contribution < 1.29 is 19.3 Å². The Morgan fingerprint density at radius 1 is 1.30 bits per heavy atom. The van der Waals surface area contributed by atoms with Gasteiger partial charge in [0.2, 0.25) is 6.79 Å². The van der Waals surface area contributed by atoms with E-state index < -0.39 is 6.10 Å². The van der Waals surface area contributed by atoms with Crippen molar-refractivity contribution in [2.75, 3.05) is 19.9 Å². The topological polar surface area (TPSA) is 60.0 Å². The molecule has 0 amide bonds. The number of hydrogen-bond acceptors (Lipinski definition) is 5. The van der Waals surface area contributed by atoms with Gasteiger partial charge in [0.15, 0.2) is 11.5 Å². The van der Waals surface area contributed by atoms with Crippen molar-refractivity contribution in [2.45, 2.75) is 39.0 Å². The van der Waals surface area contributed by atoms with Crippen LogP contribution in [0.25, 0.3) is 0 Å². The van der Waals surface area contributed by atoms with Crippen LogP contribution in [0.15, 0.2) is 18.2 Å². The molecule has 0 bridgehead atoms. The van der Waals surface area contributed by atoms with Crippen molar-refractivity contribution in [3.8, 4) is 11.5 Å². The van der Waals surface area contributed by atoms with Crippen molar-refractivity contribution in [3.63, 3.8) is 0 Å². The zero-order valence-corrected chi connectivity index (χ0v) is 12.3. The molecule has 1 aromatic rings. The largest absolute Gasteiger partial charge is 0.454 e. The van der Waals surface area contributed by atoms with Crippen LogP contribution in [-0.4, -0.2) is 36.8 Å². The fraction of sp³-hybridized carbons (Fsp3) is 0.600. The maximum atomic E-state index is 9.81. The average Bonchev–Trinajstić information content (AvgIpc) is 2.83. The molecule has 0 saturated heterocycles. The van der Waals surface area contributed by atoms with E-state index in [1.165, 1.54) is 0 Å². The number of hydrogen-bond donors (Lipinski definition) is 2. The molecule has 2 N–H and O–H groups in total. The fourth-order valence-electron chi connectivity index (χ4n) is 1.84. The van der Waals surface area contributed by atoms with Crippen LogP contribution in [0.3, 0.4) is 0 Å². The molecule has 20 heavy (non-hydrogen) atoms. The first kappa shape index (κ1) is 15.1. The zero-order valence-electron chi connectivity index (χ0n) is 12.3. The Kier molecular flexibility index (Phi) is 4.86. The summed E-state index contributed by atoms with van der Waals surface area (Å²) in [5.74, 6) is 1.56. The summed E-state index contributed by atoms with van der Waals surface area (Å²) >= 11 is 0. The predicted octanol–water partition coefficient (Wildman–Crippen LogP) is 1.68.